The van der Waals surface area contributed by atoms with Crippen LogP contribution in [0.5, 0.6) is 0 Å². The van der Waals surface area contributed by atoms with Gasteiger partial charge in [-0.1, -0.05) is 0 Å². The molecule has 1 unspecified atom stereocenters. The lowest BCUT2D eigenvalue weighted by Crippen LogP contribution is -2.46. The molecule has 2 aliphatic rings. The summed E-state index contributed by atoms with van der Waals surface area (Å²) in [6.07, 6.45) is 0.898. The molecule has 2 fully saturated rings. The number of hydrogen-bond donors (Lipinski definition) is 2. The highest BCUT2D eigenvalue weighted by molar-refractivity contribution is 5.75. The maximum absolute atomic E-state index is 10.3. The zero-order valence-corrected chi connectivity index (χ0v) is 5.05. The Morgan fingerprint density at radius 3 is 2.44 bits per heavy atom. The van der Waals surface area contributed by atoms with Crippen LogP contribution in [-0.4, -0.2) is 24.2 Å². The molecule has 1 aliphatic carbocycles. The predicted octanol–water partition coefficient (Wildman–Crippen LogP) is -0.319. The van der Waals surface area contributed by atoms with E-state index < -0.39 is 5.97 Å². The van der Waals surface area contributed by atoms with Crippen molar-refractivity contribution < 1.29 is 9.90 Å². The fraction of sp³-hybridized carbons (Fsp3) is 0.833. The molecule has 50 valence electrons. The SMILES string of the molecule is O=C(O)C1CC12CNC2. The van der Waals surface area contributed by atoms with Crippen LogP contribution in [0.15, 0.2) is 0 Å². The number of nitrogens with one attached hydrogen (secondary N) is 1. The molecule has 1 saturated carbocycles. The molecule has 0 aromatic carbocycles. The van der Waals surface area contributed by atoms with Crippen LogP contribution in [0, 0.1) is 11.3 Å². The molecule has 0 bridgehead atoms. The molecule has 1 saturated heterocycles. The molecule has 2 N–H and O–H groups in total. The van der Waals surface area contributed by atoms with E-state index in [2.05, 4.69) is 5.32 Å². The Labute approximate surface area is 53.1 Å². The molecule has 1 heterocycles. The van der Waals surface area contributed by atoms with Gasteiger partial charge in [0.2, 0.25) is 0 Å². The van der Waals surface area contributed by atoms with E-state index in [1.807, 2.05) is 0 Å². The second kappa shape index (κ2) is 1.29. The van der Waals surface area contributed by atoms with Crippen LogP contribution >= 0.6 is 0 Å². The summed E-state index contributed by atoms with van der Waals surface area (Å²) < 4.78 is 0. The quantitative estimate of drug-likeness (QED) is 0.507. The highest BCUT2D eigenvalue weighted by Crippen LogP contribution is 2.55. The lowest BCUT2D eigenvalue weighted by atomic mass is 9.97. The van der Waals surface area contributed by atoms with Crippen molar-refractivity contribution in [3.8, 4) is 0 Å². The van der Waals surface area contributed by atoms with Crippen molar-refractivity contribution in [1.29, 1.82) is 0 Å². The van der Waals surface area contributed by atoms with Gasteiger partial charge in [0.15, 0.2) is 0 Å². The summed E-state index contributed by atoms with van der Waals surface area (Å²) in [4.78, 5) is 10.3. The number of carboxylic acids is 1. The van der Waals surface area contributed by atoms with Crippen molar-refractivity contribution in [2.45, 2.75) is 6.42 Å². The summed E-state index contributed by atoms with van der Waals surface area (Å²) in [5.41, 5.74) is 0.200. The summed E-state index contributed by atoms with van der Waals surface area (Å²) in [5, 5.41) is 11.6. The molecule has 1 aliphatic heterocycles. The highest BCUT2D eigenvalue weighted by Gasteiger charge is 2.61. The minimum atomic E-state index is -0.614. The van der Waals surface area contributed by atoms with Crippen LogP contribution < -0.4 is 5.32 Å². The van der Waals surface area contributed by atoms with Gasteiger partial charge in [0.25, 0.3) is 0 Å². The fourth-order valence-corrected chi connectivity index (χ4v) is 1.53. The summed E-state index contributed by atoms with van der Waals surface area (Å²) >= 11 is 0. The van der Waals surface area contributed by atoms with E-state index in [0.717, 1.165) is 19.5 Å². The topological polar surface area (TPSA) is 49.3 Å². The average molecular weight is 127 g/mol. The van der Waals surface area contributed by atoms with Crippen LogP contribution in [0.3, 0.4) is 0 Å². The minimum Gasteiger partial charge on any atom is -0.481 e. The Morgan fingerprint density at radius 1 is 1.67 bits per heavy atom. The first kappa shape index (κ1) is 5.23. The molecule has 0 amide bonds. The Balaban J connectivity index is 2.01. The fourth-order valence-electron chi connectivity index (χ4n) is 1.53. The zero-order valence-electron chi connectivity index (χ0n) is 5.05. The van der Waals surface area contributed by atoms with Crippen molar-refractivity contribution in [2.75, 3.05) is 13.1 Å². The van der Waals surface area contributed by atoms with Crippen molar-refractivity contribution in [3.63, 3.8) is 0 Å². The van der Waals surface area contributed by atoms with Crippen LogP contribution in [0.1, 0.15) is 6.42 Å². The molecule has 3 heteroatoms. The van der Waals surface area contributed by atoms with Gasteiger partial charge < -0.3 is 10.4 Å². The predicted molar refractivity (Wildman–Crippen MR) is 31.0 cm³/mol. The number of aliphatic carboxylic acids is 1. The Kier molecular flexibility index (Phi) is 0.750. The highest BCUT2D eigenvalue weighted by atomic mass is 16.4. The standard InChI is InChI=1S/C6H9NO2/c8-5(9)4-1-6(4)2-7-3-6/h4,7H,1-3H2,(H,8,9). The van der Waals surface area contributed by atoms with Crippen LogP contribution in [0.4, 0.5) is 0 Å². The lowest BCUT2D eigenvalue weighted by molar-refractivity contribution is -0.139. The summed E-state index contributed by atoms with van der Waals surface area (Å²) in [7, 11) is 0. The van der Waals surface area contributed by atoms with E-state index in [9.17, 15) is 4.79 Å². The Bertz CT molecular complexity index is 162. The first-order chi connectivity index (χ1) is 4.25. The number of carboxylic acid groups (broad SMARTS) is 1. The molecule has 0 radical (unpaired) electrons. The molecule has 1 spiro atoms. The van der Waals surface area contributed by atoms with Crippen molar-refractivity contribution in [1.82, 2.24) is 5.32 Å². The second-order valence-corrected chi connectivity index (χ2v) is 3.06. The third-order valence-electron chi connectivity index (χ3n) is 2.44. The molecule has 1 atom stereocenters. The van der Waals surface area contributed by atoms with Crippen molar-refractivity contribution >= 4 is 5.97 Å². The third-order valence-corrected chi connectivity index (χ3v) is 2.44. The van der Waals surface area contributed by atoms with E-state index in [-0.39, 0.29) is 11.3 Å². The average Bonchev–Trinajstić information content (AvgIpc) is 2.34. The summed E-state index contributed by atoms with van der Waals surface area (Å²) in [6.45, 7) is 1.84. The van der Waals surface area contributed by atoms with Gasteiger partial charge in [-0.05, 0) is 6.42 Å². The molecule has 2 rings (SSSR count). The summed E-state index contributed by atoms with van der Waals surface area (Å²) in [5.74, 6) is -0.643. The molecular weight excluding hydrogens is 118 g/mol. The maximum Gasteiger partial charge on any atom is 0.307 e. The normalized spacial score (nSPS) is 35.8. The first-order valence-corrected chi connectivity index (χ1v) is 3.18. The van der Waals surface area contributed by atoms with Gasteiger partial charge in [-0.2, -0.15) is 0 Å². The first-order valence-electron chi connectivity index (χ1n) is 3.18. The van der Waals surface area contributed by atoms with E-state index in [4.69, 9.17) is 5.11 Å². The molecular formula is C6H9NO2. The van der Waals surface area contributed by atoms with Gasteiger partial charge in [-0.3, -0.25) is 4.79 Å². The van der Waals surface area contributed by atoms with Gasteiger partial charge in [0.1, 0.15) is 0 Å². The molecule has 0 aromatic heterocycles. The maximum atomic E-state index is 10.3. The van der Waals surface area contributed by atoms with Gasteiger partial charge in [0.05, 0.1) is 5.92 Å². The molecule has 3 nitrogen and oxygen atoms in total. The number of carbonyl (C=O) groups is 1. The van der Waals surface area contributed by atoms with Crippen LogP contribution in [0.25, 0.3) is 0 Å². The van der Waals surface area contributed by atoms with Crippen molar-refractivity contribution in [2.24, 2.45) is 11.3 Å². The molecule has 0 aromatic rings. The van der Waals surface area contributed by atoms with Crippen LogP contribution in [-0.2, 0) is 4.79 Å². The Hall–Kier alpha value is -0.570. The number of rotatable bonds is 1. The molecule has 9 heavy (non-hydrogen) atoms. The van der Waals surface area contributed by atoms with E-state index >= 15 is 0 Å². The van der Waals surface area contributed by atoms with Gasteiger partial charge in [-0.15, -0.1) is 0 Å². The largest absolute Gasteiger partial charge is 0.481 e. The second-order valence-electron chi connectivity index (χ2n) is 3.06. The zero-order chi connectivity index (χ0) is 6.48. The monoisotopic (exact) mass is 127 g/mol. The number of hydrogen-bond acceptors (Lipinski definition) is 2. The van der Waals surface area contributed by atoms with Crippen molar-refractivity contribution in [3.05, 3.63) is 0 Å². The van der Waals surface area contributed by atoms with Gasteiger partial charge >= 0.3 is 5.97 Å². The van der Waals surface area contributed by atoms with Gasteiger partial charge in [-0.25, -0.2) is 0 Å². The lowest BCUT2D eigenvalue weighted by Gasteiger charge is -2.27. The smallest absolute Gasteiger partial charge is 0.307 e. The third kappa shape index (κ3) is 0.525. The van der Waals surface area contributed by atoms with Crippen LogP contribution in [0.2, 0.25) is 0 Å². The Morgan fingerprint density at radius 2 is 2.33 bits per heavy atom. The minimum absolute atomic E-state index is 0.0289. The van der Waals surface area contributed by atoms with E-state index in [1.54, 1.807) is 0 Å². The summed E-state index contributed by atoms with van der Waals surface area (Å²) in [6, 6.07) is 0. The van der Waals surface area contributed by atoms with Gasteiger partial charge in [0, 0.05) is 18.5 Å². The van der Waals surface area contributed by atoms with E-state index in [0.29, 0.717) is 0 Å². The van der Waals surface area contributed by atoms with E-state index in [1.165, 1.54) is 0 Å².